The van der Waals surface area contributed by atoms with Crippen LogP contribution in [-0.2, 0) is 24.2 Å². The van der Waals surface area contributed by atoms with Crippen molar-refractivity contribution in [3.8, 4) is 5.75 Å². The van der Waals surface area contributed by atoms with Crippen molar-refractivity contribution in [2.45, 2.75) is 18.7 Å². The van der Waals surface area contributed by atoms with Gasteiger partial charge in [0, 0.05) is 19.8 Å². The molecule has 0 atom stereocenters. The Balaban J connectivity index is 2.69. The van der Waals surface area contributed by atoms with E-state index in [1.807, 2.05) is 0 Å². The Kier molecular flexibility index (Phi) is 3.97. The van der Waals surface area contributed by atoms with Crippen molar-refractivity contribution in [3.63, 3.8) is 0 Å². The van der Waals surface area contributed by atoms with E-state index in [2.05, 4.69) is 0 Å². The molecular weight excluding hydrogens is 308 g/mol. The van der Waals surface area contributed by atoms with Crippen LogP contribution in [0.4, 0.5) is 0 Å². The fraction of sp³-hybridized carbons (Fsp3) is 0.286. The normalized spacial score (nSPS) is 11.5. The highest BCUT2D eigenvalue weighted by molar-refractivity contribution is 7.87. The Labute approximate surface area is 127 Å². The Morgan fingerprint density at radius 3 is 2.18 bits per heavy atom. The highest BCUT2D eigenvalue weighted by Gasteiger charge is 2.27. The van der Waals surface area contributed by atoms with E-state index in [4.69, 9.17) is 4.18 Å². The van der Waals surface area contributed by atoms with E-state index in [0.29, 0.717) is 5.56 Å². The highest BCUT2D eigenvalue weighted by Crippen LogP contribution is 2.21. The van der Waals surface area contributed by atoms with Crippen molar-refractivity contribution >= 4 is 10.1 Å². The van der Waals surface area contributed by atoms with Crippen molar-refractivity contribution < 1.29 is 12.6 Å². The molecular formula is C14H16N2O5S. The summed E-state index contributed by atoms with van der Waals surface area (Å²) in [4.78, 5) is 23.4. The Morgan fingerprint density at radius 1 is 1.00 bits per heavy atom. The van der Waals surface area contributed by atoms with Crippen molar-refractivity contribution in [2.24, 2.45) is 14.1 Å². The minimum absolute atomic E-state index is 0.0293. The van der Waals surface area contributed by atoms with Gasteiger partial charge in [-0.3, -0.25) is 13.9 Å². The maximum Gasteiger partial charge on any atom is 0.346 e. The van der Waals surface area contributed by atoms with Gasteiger partial charge in [-0.2, -0.15) is 8.42 Å². The molecule has 2 aromatic rings. The third-order valence-electron chi connectivity index (χ3n) is 3.45. The first-order valence-corrected chi connectivity index (χ1v) is 7.84. The molecule has 2 rings (SSSR count). The van der Waals surface area contributed by atoms with Gasteiger partial charge in [0.05, 0.1) is 0 Å². The van der Waals surface area contributed by atoms with E-state index in [9.17, 15) is 18.0 Å². The van der Waals surface area contributed by atoms with Crippen LogP contribution in [0, 0.1) is 13.8 Å². The molecule has 7 nitrogen and oxygen atoms in total. The predicted molar refractivity (Wildman–Crippen MR) is 80.7 cm³/mol. The second-order valence-corrected chi connectivity index (χ2v) is 6.41. The third kappa shape index (κ3) is 2.57. The molecule has 0 saturated carbocycles. The zero-order chi connectivity index (χ0) is 16.7. The number of aryl methyl sites for hydroxylation is 1. The van der Waals surface area contributed by atoms with Gasteiger partial charge in [-0.15, -0.1) is 0 Å². The first kappa shape index (κ1) is 16.0. The van der Waals surface area contributed by atoms with Crippen LogP contribution in [0.3, 0.4) is 0 Å². The number of para-hydroxylation sites is 1. The van der Waals surface area contributed by atoms with Crippen molar-refractivity contribution in [1.29, 1.82) is 0 Å². The predicted octanol–water partition coefficient (Wildman–Crippen LogP) is 0.469. The number of rotatable bonds is 3. The molecule has 0 aliphatic carbocycles. The molecule has 0 aliphatic rings. The smallest absolute Gasteiger partial charge is 0.346 e. The lowest BCUT2D eigenvalue weighted by atomic mass is 10.2. The summed E-state index contributed by atoms with van der Waals surface area (Å²) in [6.45, 7) is 3.08. The van der Waals surface area contributed by atoms with Crippen molar-refractivity contribution in [3.05, 3.63) is 56.4 Å². The molecule has 0 aliphatic heterocycles. The second kappa shape index (κ2) is 5.45. The first-order chi connectivity index (χ1) is 10.2. The van der Waals surface area contributed by atoms with E-state index in [1.165, 1.54) is 27.1 Å². The molecule has 0 saturated heterocycles. The number of hydrogen-bond donors (Lipinski definition) is 0. The quantitative estimate of drug-likeness (QED) is 0.766. The molecule has 1 heterocycles. The number of hydrogen-bond acceptors (Lipinski definition) is 5. The van der Waals surface area contributed by atoms with Gasteiger partial charge in [-0.05, 0) is 25.5 Å². The van der Waals surface area contributed by atoms with Gasteiger partial charge in [-0.1, -0.05) is 18.2 Å². The monoisotopic (exact) mass is 324 g/mol. The minimum Gasteiger partial charge on any atom is -0.378 e. The zero-order valence-corrected chi connectivity index (χ0v) is 13.5. The van der Waals surface area contributed by atoms with E-state index < -0.39 is 26.3 Å². The fourth-order valence-electron chi connectivity index (χ4n) is 2.01. The molecule has 1 aromatic carbocycles. The van der Waals surface area contributed by atoms with E-state index in [-0.39, 0.29) is 11.4 Å². The lowest BCUT2D eigenvalue weighted by Crippen LogP contribution is -2.41. The Morgan fingerprint density at radius 2 is 1.59 bits per heavy atom. The lowest BCUT2D eigenvalue weighted by molar-refractivity contribution is 0.477. The highest BCUT2D eigenvalue weighted by atomic mass is 32.2. The van der Waals surface area contributed by atoms with Gasteiger partial charge < -0.3 is 4.18 Å². The number of benzene rings is 1. The van der Waals surface area contributed by atoms with Gasteiger partial charge in [0.25, 0.3) is 5.56 Å². The molecule has 0 unspecified atom stereocenters. The van der Waals surface area contributed by atoms with E-state index in [1.54, 1.807) is 25.1 Å². The lowest BCUT2D eigenvalue weighted by Gasteiger charge is -2.13. The van der Waals surface area contributed by atoms with Crippen molar-refractivity contribution in [2.75, 3.05) is 0 Å². The summed E-state index contributed by atoms with van der Waals surface area (Å²) in [5.74, 6) is 0.137. The first-order valence-electron chi connectivity index (χ1n) is 6.43. The third-order valence-corrected chi connectivity index (χ3v) is 4.82. The molecule has 0 bridgehead atoms. The minimum atomic E-state index is -4.35. The standard InChI is InChI=1S/C14H16N2O5S/c1-9-7-5-6-8-11(9)21-22(19,20)12-10(2)15(3)14(18)16(4)13(12)17/h5-8H,1-4H3. The Bertz CT molecular complexity index is 954. The summed E-state index contributed by atoms with van der Waals surface area (Å²) in [6, 6.07) is 6.56. The second-order valence-electron chi connectivity index (χ2n) is 4.92. The van der Waals surface area contributed by atoms with Gasteiger partial charge in [0.1, 0.15) is 5.75 Å². The van der Waals surface area contributed by atoms with Crippen molar-refractivity contribution in [1.82, 2.24) is 9.13 Å². The molecule has 0 radical (unpaired) electrons. The van der Waals surface area contributed by atoms with E-state index in [0.717, 1.165) is 9.13 Å². The summed E-state index contributed by atoms with van der Waals surface area (Å²) >= 11 is 0. The van der Waals surface area contributed by atoms with Crippen LogP contribution in [0.5, 0.6) is 5.75 Å². The molecule has 0 fully saturated rings. The van der Waals surface area contributed by atoms with E-state index >= 15 is 0 Å². The van der Waals surface area contributed by atoms with Gasteiger partial charge in [-0.25, -0.2) is 4.79 Å². The summed E-state index contributed by atoms with van der Waals surface area (Å²) in [7, 11) is -1.74. The van der Waals surface area contributed by atoms with Crippen LogP contribution in [0.25, 0.3) is 0 Å². The van der Waals surface area contributed by atoms with Crippen LogP contribution >= 0.6 is 0 Å². The molecule has 0 amide bonds. The Hall–Kier alpha value is -2.35. The summed E-state index contributed by atoms with van der Waals surface area (Å²) < 4.78 is 31.8. The summed E-state index contributed by atoms with van der Waals surface area (Å²) in [5.41, 5.74) is -0.862. The van der Waals surface area contributed by atoms with Gasteiger partial charge in [0.15, 0.2) is 4.90 Å². The van der Waals surface area contributed by atoms with Crippen LogP contribution in [0.2, 0.25) is 0 Å². The van der Waals surface area contributed by atoms with Crippen LogP contribution < -0.4 is 15.4 Å². The molecule has 0 N–H and O–H groups in total. The average Bonchev–Trinajstić information content (AvgIpc) is 2.45. The maximum absolute atomic E-state index is 12.5. The van der Waals surface area contributed by atoms with Gasteiger partial charge >= 0.3 is 15.8 Å². The fourth-order valence-corrected chi connectivity index (χ4v) is 3.37. The van der Waals surface area contributed by atoms with Crippen LogP contribution in [0.15, 0.2) is 38.8 Å². The van der Waals surface area contributed by atoms with Crippen LogP contribution in [0.1, 0.15) is 11.3 Å². The molecule has 22 heavy (non-hydrogen) atoms. The summed E-state index contributed by atoms with van der Waals surface area (Å²) in [6.07, 6.45) is 0. The molecule has 8 heteroatoms. The molecule has 1 aromatic heterocycles. The zero-order valence-electron chi connectivity index (χ0n) is 12.7. The van der Waals surface area contributed by atoms with Crippen LogP contribution in [-0.4, -0.2) is 17.6 Å². The number of nitrogens with zero attached hydrogens (tertiary/aromatic N) is 2. The maximum atomic E-state index is 12.5. The topological polar surface area (TPSA) is 87.4 Å². The molecule has 118 valence electrons. The average molecular weight is 324 g/mol. The SMILES string of the molecule is Cc1ccccc1OS(=O)(=O)c1c(C)n(C)c(=O)n(C)c1=O. The number of aromatic nitrogens is 2. The largest absolute Gasteiger partial charge is 0.378 e. The van der Waals surface area contributed by atoms with Gasteiger partial charge in [0.2, 0.25) is 0 Å². The summed E-state index contributed by atoms with van der Waals surface area (Å²) in [5, 5.41) is 0. The molecule has 0 spiro atoms.